The van der Waals surface area contributed by atoms with Crippen molar-refractivity contribution < 1.29 is 0 Å². The molecule has 0 radical (unpaired) electrons. The molecule has 86 valence electrons. The highest BCUT2D eigenvalue weighted by atomic mass is 32.2. The van der Waals surface area contributed by atoms with Gasteiger partial charge in [0.15, 0.2) is 0 Å². The minimum atomic E-state index is 0.197. The second-order valence-electron chi connectivity index (χ2n) is 5.34. The van der Waals surface area contributed by atoms with Crippen molar-refractivity contribution in [2.75, 3.05) is 11.5 Å². The maximum absolute atomic E-state index is 6.13. The molecule has 1 aliphatic heterocycles. The Bertz CT molecular complexity index is 380. The van der Waals surface area contributed by atoms with Gasteiger partial charge in [0.1, 0.15) is 0 Å². The lowest BCUT2D eigenvalue weighted by molar-refractivity contribution is 0.609. The van der Waals surface area contributed by atoms with E-state index in [0.717, 1.165) is 18.8 Å². The summed E-state index contributed by atoms with van der Waals surface area (Å²) in [5, 5.41) is 0. The maximum atomic E-state index is 6.13. The highest BCUT2D eigenvalue weighted by molar-refractivity contribution is 8.00. The van der Waals surface area contributed by atoms with Gasteiger partial charge in [-0.1, -0.05) is 24.3 Å². The molecule has 1 aromatic rings. The first-order chi connectivity index (χ1) is 7.75. The Morgan fingerprint density at radius 3 is 2.75 bits per heavy atom. The third kappa shape index (κ3) is 2.28. The van der Waals surface area contributed by atoms with E-state index in [9.17, 15) is 0 Å². The molecule has 2 N–H and O–H groups in total. The smallest absolute Gasteiger partial charge is 0.0158 e. The molecule has 0 aromatic heterocycles. The standard InChI is InChI=1S/C14H19NS/c15-14(6-7-14)5-4-11-2-1-3-12(8-11)13-9-16-10-13/h1-3,8,13H,4-7,9-10,15H2. The number of thioether (sulfide) groups is 1. The van der Waals surface area contributed by atoms with Crippen LogP contribution in [0.25, 0.3) is 0 Å². The lowest BCUT2D eigenvalue weighted by atomic mass is 9.97. The molecule has 0 bridgehead atoms. The van der Waals surface area contributed by atoms with Crippen LogP contribution in [0.5, 0.6) is 0 Å². The van der Waals surface area contributed by atoms with Gasteiger partial charge in [-0.25, -0.2) is 0 Å². The summed E-state index contributed by atoms with van der Waals surface area (Å²) >= 11 is 2.05. The normalized spacial score (nSPS) is 22.8. The average molecular weight is 233 g/mol. The largest absolute Gasteiger partial charge is 0.325 e. The van der Waals surface area contributed by atoms with Gasteiger partial charge in [0.05, 0.1) is 0 Å². The van der Waals surface area contributed by atoms with Crippen LogP contribution in [0.15, 0.2) is 24.3 Å². The Balaban J connectivity index is 1.64. The Morgan fingerprint density at radius 2 is 2.12 bits per heavy atom. The molecule has 1 aromatic carbocycles. The molecule has 0 unspecified atom stereocenters. The molecule has 3 rings (SSSR count). The molecule has 1 heterocycles. The van der Waals surface area contributed by atoms with Gasteiger partial charge in [-0.3, -0.25) is 0 Å². The average Bonchev–Trinajstić information content (AvgIpc) is 2.93. The summed E-state index contributed by atoms with van der Waals surface area (Å²) in [5.41, 5.74) is 9.34. The van der Waals surface area contributed by atoms with Crippen molar-refractivity contribution in [3.05, 3.63) is 35.4 Å². The van der Waals surface area contributed by atoms with E-state index in [0.29, 0.717) is 0 Å². The van der Waals surface area contributed by atoms with Gasteiger partial charge in [0.2, 0.25) is 0 Å². The zero-order valence-electron chi connectivity index (χ0n) is 9.61. The molecule has 1 saturated carbocycles. The van der Waals surface area contributed by atoms with E-state index in [2.05, 4.69) is 36.0 Å². The predicted molar refractivity (Wildman–Crippen MR) is 71.0 cm³/mol. The van der Waals surface area contributed by atoms with Crippen molar-refractivity contribution in [2.45, 2.75) is 37.1 Å². The highest BCUT2D eigenvalue weighted by Crippen LogP contribution is 2.37. The van der Waals surface area contributed by atoms with Crippen LogP contribution in [-0.2, 0) is 6.42 Å². The van der Waals surface area contributed by atoms with Crippen molar-refractivity contribution in [2.24, 2.45) is 5.73 Å². The number of aryl methyl sites for hydroxylation is 1. The van der Waals surface area contributed by atoms with Crippen LogP contribution in [0, 0.1) is 0 Å². The Morgan fingerprint density at radius 1 is 1.31 bits per heavy atom. The van der Waals surface area contributed by atoms with Crippen LogP contribution in [0.1, 0.15) is 36.3 Å². The molecule has 2 aliphatic rings. The molecule has 0 amide bonds. The number of rotatable bonds is 4. The summed E-state index contributed by atoms with van der Waals surface area (Å²) in [6.45, 7) is 0. The van der Waals surface area contributed by atoms with E-state index in [-0.39, 0.29) is 5.54 Å². The Hall–Kier alpha value is -0.470. The number of nitrogens with two attached hydrogens (primary N) is 1. The molecule has 2 heteroatoms. The lowest BCUT2D eigenvalue weighted by Crippen LogP contribution is -2.22. The molecule has 16 heavy (non-hydrogen) atoms. The molecule has 0 spiro atoms. The van der Waals surface area contributed by atoms with Gasteiger partial charge >= 0.3 is 0 Å². The van der Waals surface area contributed by atoms with E-state index in [1.165, 1.54) is 35.5 Å². The van der Waals surface area contributed by atoms with E-state index >= 15 is 0 Å². The summed E-state index contributed by atoms with van der Waals surface area (Å²) in [6, 6.07) is 9.14. The summed E-state index contributed by atoms with van der Waals surface area (Å²) in [4.78, 5) is 0. The van der Waals surface area contributed by atoms with Crippen LogP contribution in [0.2, 0.25) is 0 Å². The van der Waals surface area contributed by atoms with E-state index in [1.807, 2.05) is 0 Å². The quantitative estimate of drug-likeness (QED) is 0.865. The first-order valence-corrected chi connectivity index (χ1v) is 7.36. The van der Waals surface area contributed by atoms with Crippen molar-refractivity contribution in [1.29, 1.82) is 0 Å². The zero-order chi connectivity index (χ0) is 11.0. The van der Waals surface area contributed by atoms with Gasteiger partial charge in [0.25, 0.3) is 0 Å². The van der Waals surface area contributed by atoms with Gasteiger partial charge < -0.3 is 5.73 Å². The van der Waals surface area contributed by atoms with Gasteiger partial charge in [0, 0.05) is 23.0 Å². The Kier molecular flexibility index (Phi) is 2.72. The molecule has 1 saturated heterocycles. The number of benzene rings is 1. The second kappa shape index (κ2) is 4.08. The third-order valence-electron chi connectivity index (χ3n) is 3.86. The monoisotopic (exact) mass is 233 g/mol. The predicted octanol–water partition coefficient (Wildman–Crippen LogP) is 2.94. The molecule has 2 fully saturated rings. The molecule has 1 aliphatic carbocycles. The molecule has 1 nitrogen and oxygen atoms in total. The first-order valence-electron chi connectivity index (χ1n) is 6.21. The van der Waals surface area contributed by atoms with Crippen LogP contribution in [0.4, 0.5) is 0 Å². The fraction of sp³-hybridized carbons (Fsp3) is 0.571. The minimum absolute atomic E-state index is 0.197. The lowest BCUT2D eigenvalue weighted by Gasteiger charge is -2.25. The molecular weight excluding hydrogens is 214 g/mol. The molecular formula is C14H19NS. The zero-order valence-corrected chi connectivity index (χ0v) is 10.4. The summed E-state index contributed by atoms with van der Waals surface area (Å²) < 4.78 is 0. The first kappa shape index (κ1) is 10.7. The second-order valence-corrected chi connectivity index (χ2v) is 6.42. The fourth-order valence-electron chi connectivity index (χ4n) is 2.23. The third-order valence-corrected chi connectivity index (χ3v) is 5.14. The minimum Gasteiger partial charge on any atom is -0.325 e. The van der Waals surface area contributed by atoms with E-state index in [4.69, 9.17) is 5.73 Å². The summed E-state index contributed by atoms with van der Waals surface area (Å²) in [5.74, 6) is 3.44. The highest BCUT2D eigenvalue weighted by Gasteiger charge is 2.37. The van der Waals surface area contributed by atoms with Gasteiger partial charge in [-0.2, -0.15) is 11.8 Å². The Labute approximate surface area is 102 Å². The fourth-order valence-corrected chi connectivity index (χ4v) is 3.09. The van der Waals surface area contributed by atoms with E-state index in [1.54, 1.807) is 0 Å². The summed E-state index contributed by atoms with van der Waals surface area (Å²) in [6.07, 6.45) is 4.78. The van der Waals surface area contributed by atoms with Crippen LogP contribution < -0.4 is 5.73 Å². The SMILES string of the molecule is NC1(CCc2cccc(C3CSC3)c2)CC1. The van der Waals surface area contributed by atoms with Crippen LogP contribution in [0.3, 0.4) is 0 Å². The number of hydrogen-bond acceptors (Lipinski definition) is 2. The number of hydrogen-bond donors (Lipinski definition) is 1. The van der Waals surface area contributed by atoms with Gasteiger partial charge in [-0.15, -0.1) is 0 Å². The van der Waals surface area contributed by atoms with Crippen LogP contribution in [-0.4, -0.2) is 17.0 Å². The van der Waals surface area contributed by atoms with Gasteiger partial charge in [-0.05, 0) is 36.8 Å². The van der Waals surface area contributed by atoms with Crippen LogP contribution >= 0.6 is 11.8 Å². The summed E-state index contributed by atoms with van der Waals surface area (Å²) in [7, 11) is 0. The van der Waals surface area contributed by atoms with Crippen molar-refractivity contribution in [1.82, 2.24) is 0 Å². The topological polar surface area (TPSA) is 26.0 Å². The molecule has 0 atom stereocenters. The van der Waals surface area contributed by atoms with Crippen molar-refractivity contribution in [3.8, 4) is 0 Å². The maximum Gasteiger partial charge on any atom is 0.0158 e. The van der Waals surface area contributed by atoms with E-state index < -0.39 is 0 Å². The van der Waals surface area contributed by atoms with Crippen molar-refractivity contribution >= 4 is 11.8 Å². The van der Waals surface area contributed by atoms with Crippen molar-refractivity contribution in [3.63, 3.8) is 0 Å².